The Morgan fingerprint density at radius 3 is 2.06 bits per heavy atom. The van der Waals surface area contributed by atoms with Crippen LogP contribution in [-0.4, -0.2) is 25.9 Å². The Kier molecular flexibility index (Phi) is 6.72. The molecular formula is C11H19ClN2O3. The summed E-state index contributed by atoms with van der Waals surface area (Å²) in [7, 11) is 2.96. The number of methoxy groups -OCH3 is 2. The van der Waals surface area contributed by atoms with Crippen molar-refractivity contribution < 1.29 is 14.6 Å². The molecule has 0 heterocycles. The van der Waals surface area contributed by atoms with Crippen LogP contribution in [0.4, 0.5) is 0 Å². The molecule has 0 amide bonds. The lowest BCUT2D eigenvalue weighted by Crippen LogP contribution is -2.15. The van der Waals surface area contributed by atoms with Crippen LogP contribution in [0.3, 0.4) is 0 Å². The maximum atomic E-state index is 9.71. The molecular weight excluding hydrogens is 244 g/mol. The second-order valence-electron chi connectivity index (χ2n) is 3.46. The maximum absolute atomic E-state index is 9.71. The molecule has 1 aromatic carbocycles. The predicted octanol–water partition coefficient (Wildman–Crippen LogP) is 1.18. The van der Waals surface area contributed by atoms with Crippen LogP contribution >= 0.6 is 12.4 Å². The molecule has 5 N–H and O–H groups in total. The quantitative estimate of drug-likeness (QED) is 0.741. The smallest absolute Gasteiger partial charge is 0.200 e. The fourth-order valence-corrected chi connectivity index (χ4v) is 1.47. The number of benzene rings is 1. The van der Waals surface area contributed by atoms with Crippen molar-refractivity contribution in [3.05, 3.63) is 17.7 Å². The Balaban J connectivity index is 0.00000256. The summed E-state index contributed by atoms with van der Waals surface area (Å²) >= 11 is 0. The van der Waals surface area contributed by atoms with Crippen LogP contribution in [0, 0.1) is 0 Å². The van der Waals surface area contributed by atoms with E-state index in [0.717, 1.165) is 5.56 Å². The molecule has 0 aliphatic heterocycles. The number of ether oxygens (including phenoxy) is 2. The van der Waals surface area contributed by atoms with E-state index in [-0.39, 0.29) is 24.2 Å². The molecule has 0 radical (unpaired) electrons. The summed E-state index contributed by atoms with van der Waals surface area (Å²) in [4.78, 5) is 0. The van der Waals surface area contributed by atoms with Crippen LogP contribution in [0.2, 0.25) is 0 Å². The molecule has 5 nitrogen and oxygen atoms in total. The molecule has 0 unspecified atom stereocenters. The molecule has 0 bridgehead atoms. The van der Waals surface area contributed by atoms with E-state index in [1.165, 1.54) is 14.2 Å². The first-order chi connectivity index (χ1) is 7.63. The number of phenols is 1. The molecule has 0 aliphatic rings. The van der Waals surface area contributed by atoms with Crippen LogP contribution in [0.5, 0.6) is 17.2 Å². The third-order valence-corrected chi connectivity index (χ3v) is 2.41. The molecule has 17 heavy (non-hydrogen) atoms. The third-order valence-electron chi connectivity index (χ3n) is 2.41. The first kappa shape index (κ1) is 15.8. The minimum atomic E-state index is -0.187. The van der Waals surface area contributed by atoms with Crippen molar-refractivity contribution >= 4 is 12.4 Å². The fraction of sp³-hybridized carbons (Fsp3) is 0.455. The van der Waals surface area contributed by atoms with Crippen LogP contribution in [0.1, 0.15) is 18.0 Å². The molecule has 0 fully saturated rings. The van der Waals surface area contributed by atoms with Gasteiger partial charge in [-0.3, -0.25) is 0 Å². The normalized spacial score (nSPS) is 11.5. The SMILES string of the molecule is COc1cc([C@@H](N)CCN)cc(OC)c1O.Cl. The largest absolute Gasteiger partial charge is 0.502 e. The van der Waals surface area contributed by atoms with Gasteiger partial charge in [0.05, 0.1) is 14.2 Å². The average Bonchev–Trinajstić information content (AvgIpc) is 2.29. The zero-order chi connectivity index (χ0) is 12.1. The summed E-state index contributed by atoms with van der Waals surface area (Å²) in [6, 6.07) is 3.20. The Bertz CT molecular complexity index is 336. The van der Waals surface area contributed by atoms with Gasteiger partial charge in [0.1, 0.15) is 0 Å². The summed E-state index contributed by atoms with van der Waals surface area (Å²) in [5, 5.41) is 9.71. The van der Waals surface area contributed by atoms with Gasteiger partial charge in [-0.1, -0.05) is 0 Å². The van der Waals surface area contributed by atoms with Gasteiger partial charge in [0.25, 0.3) is 0 Å². The first-order valence-electron chi connectivity index (χ1n) is 5.04. The van der Waals surface area contributed by atoms with Crippen LogP contribution < -0.4 is 20.9 Å². The van der Waals surface area contributed by atoms with Gasteiger partial charge < -0.3 is 26.0 Å². The van der Waals surface area contributed by atoms with Crippen molar-refractivity contribution in [2.75, 3.05) is 20.8 Å². The molecule has 0 saturated heterocycles. The minimum absolute atomic E-state index is 0. The highest BCUT2D eigenvalue weighted by atomic mass is 35.5. The van der Waals surface area contributed by atoms with Gasteiger partial charge >= 0.3 is 0 Å². The van der Waals surface area contributed by atoms with Gasteiger partial charge in [-0.05, 0) is 30.7 Å². The monoisotopic (exact) mass is 262 g/mol. The Hall–Kier alpha value is -1.17. The van der Waals surface area contributed by atoms with Crippen molar-refractivity contribution in [3.63, 3.8) is 0 Å². The summed E-state index contributed by atoms with van der Waals surface area (Å²) in [6.45, 7) is 0.507. The summed E-state index contributed by atoms with van der Waals surface area (Å²) in [6.07, 6.45) is 0.664. The van der Waals surface area contributed by atoms with Crippen molar-refractivity contribution in [2.45, 2.75) is 12.5 Å². The maximum Gasteiger partial charge on any atom is 0.200 e. The zero-order valence-corrected chi connectivity index (χ0v) is 10.8. The lowest BCUT2D eigenvalue weighted by molar-refractivity contribution is 0.338. The number of aromatic hydroxyl groups is 1. The van der Waals surface area contributed by atoms with Crippen molar-refractivity contribution in [1.29, 1.82) is 0 Å². The van der Waals surface area contributed by atoms with Gasteiger partial charge in [-0.25, -0.2) is 0 Å². The van der Waals surface area contributed by atoms with Gasteiger partial charge in [-0.2, -0.15) is 0 Å². The average molecular weight is 263 g/mol. The van der Waals surface area contributed by atoms with Gasteiger partial charge in [0.2, 0.25) is 5.75 Å². The highest BCUT2D eigenvalue weighted by Crippen LogP contribution is 2.38. The standard InChI is InChI=1S/C11H18N2O3.ClH/c1-15-9-5-7(8(13)3-4-12)6-10(16-2)11(9)14;/h5-6,8,14H,3-4,12-13H2,1-2H3;1H/t8-;/m0./s1. The topological polar surface area (TPSA) is 90.7 Å². The van der Waals surface area contributed by atoms with E-state index in [0.29, 0.717) is 24.5 Å². The molecule has 1 atom stereocenters. The van der Waals surface area contributed by atoms with Crippen molar-refractivity contribution in [1.82, 2.24) is 0 Å². The van der Waals surface area contributed by atoms with Crippen molar-refractivity contribution in [2.24, 2.45) is 11.5 Å². The van der Waals surface area contributed by atoms with E-state index >= 15 is 0 Å². The molecule has 0 aliphatic carbocycles. The second kappa shape index (κ2) is 7.21. The van der Waals surface area contributed by atoms with E-state index in [9.17, 15) is 5.11 Å². The molecule has 0 saturated carbocycles. The number of nitrogens with two attached hydrogens (primary N) is 2. The third kappa shape index (κ3) is 3.66. The summed E-state index contributed by atoms with van der Waals surface area (Å²) in [5.74, 6) is 0.678. The van der Waals surface area contributed by atoms with E-state index in [4.69, 9.17) is 20.9 Å². The number of halogens is 1. The van der Waals surface area contributed by atoms with E-state index in [1.54, 1.807) is 12.1 Å². The molecule has 1 rings (SSSR count). The molecule has 0 spiro atoms. The fourth-order valence-electron chi connectivity index (χ4n) is 1.47. The van der Waals surface area contributed by atoms with Gasteiger partial charge in [0.15, 0.2) is 11.5 Å². The zero-order valence-electron chi connectivity index (χ0n) is 9.97. The molecule has 1 aromatic rings. The van der Waals surface area contributed by atoms with Gasteiger partial charge in [-0.15, -0.1) is 12.4 Å². The lowest BCUT2D eigenvalue weighted by Gasteiger charge is -2.15. The van der Waals surface area contributed by atoms with Crippen LogP contribution in [-0.2, 0) is 0 Å². The molecule has 0 aromatic heterocycles. The highest BCUT2D eigenvalue weighted by Gasteiger charge is 2.14. The minimum Gasteiger partial charge on any atom is -0.502 e. The van der Waals surface area contributed by atoms with Crippen LogP contribution in [0.15, 0.2) is 12.1 Å². The Labute approximate surface area is 107 Å². The predicted molar refractivity (Wildman–Crippen MR) is 69.1 cm³/mol. The highest BCUT2D eigenvalue weighted by molar-refractivity contribution is 5.85. The lowest BCUT2D eigenvalue weighted by atomic mass is 10.0. The number of phenolic OH excluding ortho intramolecular Hbond substituents is 1. The molecule has 98 valence electrons. The number of rotatable bonds is 5. The van der Waals surface area contributed by atoms with E-state index < -0.39 is 0 Å². The number of hydrogen-bond donors (Lipinski definition) is 3. The Morgan fingerprint density at radius 2 is 1.71 bits per heavy atom. The Morgan fingerprint density at radius 1 is 1.24 bits per heavy atom. The van der Waals surface area contributed by atoms with Crippen LogP contribution in [0.25, 0.3) is 0 Å². The van der Waals surface area contributed by atoms with Gasteiger partial charge in [0, 0.05) is 6.04 Å². The summed E-state index contributed by atoms with van der Waals surface area (Å²) < 4.78 is 10.1. The van der Waals surface area contributed by atoms with E-state index in [2.05, 4.69) is 0 Å². The summed E-state index contributed by atoms with van der Waals surface area (Å²) in [5.41, 5.74) is 12.2. The van der Waals surface area contributed by atoms with Crippen molar-refractivity contribution in [3.8, 4) is 17.2 Å². The second-order valence-corrected chi connectivity index (χ2v) is 3.46. The van der Waals surface area contributed by atoms with E-state index in [1.807, 2.05) is 0 Å². The number of hydrogen-bond acceptors (Lipinski definition) is 5. The first-order valence-corrected chi connectivity index (χ1v) is 5.04. The molecule has 6 heteroatoms.